The van der Waals surface area contributed by atoms with Gasteiger partial charge in [0.05, 0.1) is 35.9 Å². The molecule has 7 heteroatoms. The molecule has 1 aliphatic rings. The van der Waals surface area contributed by atoms with Gasteiger partial charge in [-0.05, 0) is 43.3 Å². The maximum Gasteiger partial charge on any atom is 0.335 e. The van der Waals surface area contributed by atoms with Crippen molar-refractivity contribution in [2.24, 2.45) is 5.10 Å². The number of rotatable bonds is 5. The van der Waals surface area contributed by atoms with Gasteiger partial charge in [0.2, 0.25) is 0 Å². The summed E-state index contributed by atoms with van der Waals surface area (Å²) < 4.78 is 19.8. The van der Waals surface area contributed by atoms with Gasteiger partial charge in [0, 0.05) is 18.7 Å². The molecule has 1 fully saturated rings. The number of hydrogen-bond donors (Lipinski definition) is 2. The Kier molecular flexibility index (Phi) is 5.48. The summed E-state index contributed by atoms with van der Waals surface area (Å²) in [6, 6.07) is 11.3. The van der Waals surface area contributed by atoms with Crippen molar-refractivity contribution in [3.8, 4) is 0 Å². The fourth-order valence-electron chi connectivity index (χ4n) is 2.69. The van der Waals surface area contributed by atoms with Gasteiger partial charge in [-0.2, -0.15) is 5.10 Å². The number of hydrogen-bond acceptors (Lipinski definition) is 5. The van der Waals surface area contributed by atoms with Crippen LogP contribution in [0.3, 0.4) is 0 Å². The monoisotopic (exact) mass is 357 g/mol. The quantitative estimate of drug-likeness (QED) is 0.635. The van der Waals surface area contributed by atoms with Crippen molar-refractivity contribution in [1.82, 2.24) is 0 Å². The number of morpholine rings is 1. The summed E-state index contributed by atoms with van der Waals surface area (Å²) in [7, 11) is 0. The lowest BCUT2D eigenvalue weighted by Crippen LogP contribution is -2.36. The van der Waals surface area contributed by atoms with Crippen molar-refractivity contribution < 1.29 is 19.0 Å². The van der Waals surface area contributed by atoms with Crippen molar-refractivity contribution in [2.45, 2.75) is 6.92 Å². The molecule has 0 bridgehead atoms. The Morgan fingerprint density at radius 1 is 1.15 bits per heavy atom. The topological polar surface area (TPSA) is 74.2 Å². The number of halogens is 1. The highest BCUT2D eigenvalue weighted by Gasteiger charge is 2.15. The molecule has 0 aromatic heterocycles. The maximum absolute atomic E-state index is 14.5. The van der Waals surface area contributed by atoms with E-state index >= 15 is 0 Å². The fraction of sp³-hybridized carbons (Fsp3) is 0.263. The highest BCUT2D eigenvalue weighted by atomic mass is 19.1. The second-order valence-electron chi connectivity index (χ2n) is 5.96. The van der Waals surface area contributed by atoms with Crippen molar-refractivity contribution >= 4 is 23.1 Å². The molecule has 0 saturated carbocycles. The molecule has 2 aromatic carbocycles. The lowest BCUT2D eigenvalue weighted by molar-refractivity contribution is 0.0697. The van der Waals surface area contributed by atoms with E-state index in [2.05, 4.69) is 10.5 Å². The van der Waals surface area contributed by atoms with Crippen LogP contribution in [0.25, 0.3) is 0 Å². The average Bonchev–Trinajstić information content (AvgIpc) is 2.67. The van der Waals surface area contributed by atoms with Gasteiger partial charge in [0.25, 0.3) is 0 Å². The molecule has 26 heavy (non-hydrogen) atoms. The molecule has 6 nitrogen and oxygen atoms in total. The molecule has 2 N–H and O–H groups in total. The van der Waals surface area contributed by atoms with Crippen LogP contribution in [0.1, 0.15) is 22.8 Å². The highest BCUT2D eigenvalue weighted by Crippen LogP contribution is 2.22. The van der Waals surface area contributed by atoms with E-state index in [1.54, 1.807) is 25.1 Å². The molecule has 3 rings (SSSR count). The first-order chi connectivity index (χ1) is 12.5. The standard InChI is InChI=1S/C19H20FN3O3/c1-13(21-22-16-5-2-14(3-6-16)19(24)25)15-4-7-18(17(20)12-15)23-8-10-26-11-9-23/h2-7,12,22H,8-11H2,1H3,(H,24,25)/b21-13+. The third-order valence-electron chi connectivity index (χ3n) is 4.20. The summed E-state index contributed by atoms with van der Waals surface area (Å²) in [5, 5.41) is 13.1. The van der Waals surface area contributed by atoms with Crippen LogP contribution in [-0.4, -0.2) is 43.1 Å². The lowest BCUT2D eigenvalue weighted by Gasteiger charge is -2.29. The third-order valence-corrected chi connectivity index (χ3v) is 4.20. The zero-order valence-electron chi connectivity index (χ0n) is 14.4. The smallest absolute Gasteiger partial charge is 0.335 e. The molecule has 0 aliphatic carbocycles. The van der Waals surface area contributed by atoms with Gasteiger partial charge in [-0.15, -0.1) is 0 Å². The molecular weight excluding hydrogens is 337 g/mol. The van der Waals surface area contributed by atoms with Gasteiger partial charge in [0.1, 0.15) is 5.82 Å². The van der Waals surface area contributed by atoms with E-state index in [1.165, 1.54) is 18.2 Å². The molecule has 2 aromatic rings. The van der Waals surface area contributed by atoms with E-state index in [0.29, 0.717) is 49.0 Å². The van der Waals surface area contributed by atoms with Crippen LogP contribution in [0.2, 0.25) is 0 Å². The molecule has 1 aliphatic heterocycles. The Morgan fingerprint density at radius 2 is 1.81 bits per heavy atom. The van der Waals surface area contributed by atoms with Crippen LogP contribution >= 0.6 is 0 Å². The number of nitrogens with zero attached hydrogens (tertiary/aromatic N) is 2. The number of carboxylic acid groups (broad SMARTS) is 1. The fourth-order valence-corrected chi connectivity index (χ4v) is 2.69. The summed E-state index contributed by atoms with van der Waals surface area (Å²) in [6.45, 7) is 4.34. The summed E-state index contributed by atoms with van der Waals surface area (Å²) in [4.78, 5) is 12.8. The summed E-state index contributed by atoms with van der Waals surface area (Å²) in [6.07, 6.45) is 0. The van der Waals surface area contributed by atoms with Gasteiger partial charge in [-0.3, -0.25) is 5.43 Å². The zero-order valence-corrected chi connectivity index (χ0v) is 14.4. The van der Waals surface area contributed by atoms with Crippen LogP contribution < -0.4 is 10.3 Å². The highest BCUT2D eigenvalue weighted by molar-refractivity contribution is 5.99. The summed E-state index contributed by atoms with van der Waals surface area (Å²) in [5.74, 6) is -1.27. The van der Waals surface area contributed by atoms with E-state index in [4.69, 9.17) is 9.84 Å². The minimum absolute atomic E-state index is 0.206. The van der Waals surface area contributed by atoms with E-state index in [1.807, 2.05) is 11.0 Å². The molecular formula is C19H20FN3O3. The van der Waals surface area contributed by atoms with Crippen LogP contribution in [0, 0.1) is 5.82 Å². The van der Waals surface area contributed by atoms with Gasteiger partial charge < -0.3 is 14.7 Å². The molecule has 0 radical (unpaired) electrons. The number of anilines is 2. The van der Waals surface area contributed by atoms with Crippen molar-refractivity contribution in [3.05, 3.63) is 59.4 Å². The predicted octanol–water partition coefficient (Wildman–Crippen LogP) is 3.20. The summed E-state index contributed by atoms with van der Waals surface area (Å²) in [5.41, 5.74) is 5.58. The SMILES string of the molecule is C/C(=N\Nc1ccc(C(=O)O)cc1)c1ccc(N2CCOCC2)c(F)c1. The molecule has 0 amide bonds. The minimum Gasteiger partial charge on any atom is -0.478 e. The van der Waals surface area contributed by atoms with Crippen molar-refractivity contribution in [1.29, 1.82) is 0 Å². The Labute approximate surface area is 150 Å². The maximum atomic E-state index is 14.5. The third kappa shape index (κ3) is 4.18. The first-order valence-electron chi connectivity index (χ1n) is 8.31. The molecule has 1 saturated heterocycles. The van der Waals surface area contributed by atoms with Crippen molar-refractivity contribution in [2.75, 3.05) is 36.6 Å². The first-order valence-corrected chi connectivity index (χ1v) is 8.31. The van der Waals surface area contributed by atoms with Crippen LogP contribution in [0.5, 0.6) is 0 Å². The lowest BCUT2D eigenvalue weighted by atomic mass is 10.1. The molecule has 1 heterocycles. The molecule has 0 unspecified atom stereocenters. The molecule has 0 spiro atoms. The average molecular weight is 357 g/mol. The Morgan fingerprint density at radius 3 is 2.42 bits per heavy atom. The molecule has 136 valence electrons. The number of hydrazone groups is 1. The second-order valence-corrected chi connectivity index (χ2v) is 5.96. The Bertz CT molecular complexity index is 815. The van der Waals surface area contributed by atoms with Gasteiger partial charge in [-0.25, -0.2) is 9.18 Å². The Hall–Kier alpha value is -2.93. The number of aromatic carboxylic acids is 1. The number of carbonyl (C=O) groups is 1. The normalized spacial score (nSPS) is 15.0. The van der Waals surface area contributed by atoms with E-state index in [0.717, 1.165) is 0 Å². The zero-order chi connectivity index (χ0) is 18.5. The van der Waals surface area contributed by atoms with Crippen LogP contribution in [-0.2, 0) is 4.74 Å². The first kappa shape index (κ1) is 17.9. The number of carboxylic acids is 1. The molecule has 0 atom stereocenters. The number of benzene rings is 2. The second kappa shape index (κ2) is 7.97. The number of nitrogens with one attached hydrogen (secondary N) is 1. The minimum atomic E-state index is -0.980. The number of ether oxygens (including phenoxy) is 1. The largest absolute Gasteiger partial charge is 0.478 e. The predicted molar refractivity (Wildman–Crippen MR) is 98.7 cm³/mol. The van der Waals surface area contributed by atoms with Crippen LogP contribution in [0.15, 0.2) is 47.6 Å². The van der Waals surface area contributed by atoms with Gasteiger partial charge in [-0.1, -0.05) is 6.07 Å². The summed E-state index contributed by atoms with van der Waals surface area (Å²) >= 11 is 0. The Balaban J connectivity index is 1.70. The van der Waals surface area contributed by atoms with Gasteiger partial charge in [0.15, 0.2) is 0 Å². The van der Waals surface area contributed by atoms with Crippen LogP contribution in [0.4, 0.5) is 15.8 Å². The van der Waals surface area contributed by atoms with Gasteiger partial charge >= 0.3 is 5.97 Å². The van der Waals surface area contributed by atoms with E-state index in [-0.39, 0.29) is 11.4 Å². The van der Waals surface area contributed by atoms with E-state index in [9.17, 15) is 9.18 Å². The van der Waals surface area contributed by atoms with E-state index < -0.39 is 5.97 Å². The van der Waals surface area contributed by atoms with Crippen molar-refractivity contribution in [3.63, 3.8) is 0 Å².